The molecule has 1 amide bonds. The van der Waals surface area contributed by atoms with Crippen molar-refractivity contribution in [3.8, 4) is 11.4 Å². The first kappa shape index (κ1) is 22.7. The highest BCUT2D eigenvalue weighted by molar-refractivity contribution is 5.97. The standard InChI is InChI=1S/C24H24FN3O4/c1-15-20(16(2)28(27-15)19-11-9-18(25)10-12-19)13-14-23(29)32-17(3)24(30)26-21-7-5-6-8-22(21)31-4/h5-14,17H,1-4H3,(H,26,30)/b14-13+. The molecule has 1 atom stereocenters. The number of carbonyl (C=O) groups is 2. The Labute approximate surface area is 185 Å². The maximum atomic E-state index is 13.2. The third-order valence-corrected chi connectivity index (χ3v) is 4.83. The van der Waals surface area contributed by atoms with Gasteiger partial charge in [0.25, 0.3) is 5.91 Å². The van der Waals surface area contributed by atoms with E-state index in [0.717, 1.165) is 11.3 Å². The van der Waals surface area contributed by atoms with Crippen LogP contribution >= 0.6 is 0 Å². The second kappa shape index (κ2) is 9.91. The number of ether oxygens (including phenoxy) is 2. The van der Waals surface area contributed by atoms with Crippen LogP contribution in [0.25, 0.3) is 11.8 Å². The zero-order valence-corrected chi connectivity index (χ0v) is 18.3. The highest BCUT2D eigenvalue weighted by Gasteiger charge is 2.18. The first-order chi connectivity index (χ1) is 15.3. The molecule has 7 nitrogen and oxygen atoms in total. The quantitative estimate of drug-likeness (QED) is 0.442. The third-order valence-electron chi connectivity index (χ3n) is 4.83. The number of halogens is 1. The molecule has 1 unspecified atom stereocenters. The lowest BCUT2D eigenvalue weighted by Gasteiger charge is -2.14. The van der Waals surface area contributed by atoms with Gasteiger partial charge in [0.1, 0.15) is 11.6 Å². The van der Waals surface area contributed by atoms with Gasteiger partial charge < -0.3 is 14.8 Å². The summed E-state index contributed by atoms with van der Waals surface area (Å²) in [5.74, 6) is -0.973. The fourth-order valence-corrected chi connectivity index (χ4v) is 3.13. The van der Waals surface area contributed by atoms with Crippen molar-refractivity contribution in [2.45, 2.75) is 26.9 Å². The minimum absolute atomic E-state index is 0.331. The number of nitrogens with zero attached hydrogens (tertiary/aromatic N) is 2. The molecule has 0 radical (unpaired) electrons. The van der Waals surface area contributed by atoms with Crippen molar-refractivity contribution in [3.05, 3.63) is 77.4 Å². The van der Waals surface area contributed by atoms with Crippen molar-refractivity contribution in [3.63, 3.8) is 0 Å². The van der Waals surface area contributed by atoms with Gasteiger partial charge in [0, 0.05) is 17.3 Å². The summed E-state index contributed by atoms with van der Waals surface area (Å²) in [5.41, 5.74) is 3.39. The fraction of sp³-hybridized carbons (Fsp3) is 0.208. The molecule has 0 aliphatic heterocycles. The van der Waals surface area contributed by atoms with Crippen LogP contribution in [-0.2, 0) is 14.3 Å². The number of hydrogen-bond donors (Lipinski definition) is 1. The molecule has 32 heavy (non-hydrogen) atoms. The monoisotopic (exact) mass is 437 g/mol. The molecule has 0 saturated heterocycles. The first-order valence-corrected chi connectivity index (χ1v) is 9.95. The van der Waals surface area contributed by atoms with E-state index in [1.54, 1.807) is 54.1 Å². The van der Waals surface area contributed by atoms with Crippen molar-refractivity contribution in [1.29, 1.82) is 0 Å². The highest BCUT2D eigenvalue weighted by atomic mass is 19.1. The number of aromatic nitrogens is 2. The lowest BCUT2D eigenvalue weighted by Crippen LogP contribution is -2.29. The van der Waals surface area contributed by atoms with Crippen LogP contribution < -0.4 is 10.1 Å². The van der Waals surface area contributed by atoms with Crippen LogP contribution in [0.4, 0.5) is 10.1 Å². The number of methoxy groups -OCH3 is 1. The predicted molar refractivity (Wildman–Crippen MR) is 119 cm³/mol. The van der Waals surface area contributed by atoms with E-state index in [4.69, 9.17) is 9.47 Å². The van der Waals surface area contributed by atoms with Crippen molar-refractivity contribution in [2.24, 2.45) is 0 Å². The molecule has 0 saturated carbocycles. The summed E-state index contributed by atoms with van der Waals surface area (Å²) in [6, 6.07) is 12.9. The van der Waals surface area contributed by atoms with Gasteiger partial charge >= 0.3 is 5.97 Å². The smallest absolute Gasteiger partial charge is 0.331 e. The zero-order valence-electron chi connectivity index (χ0n) is 18.3. The van der Waals surface area contributed by atoms with E-state index < -0.39 is 18.0 Å². The van der Waals surface area contributed by atoms with Crippen molar-refractivity contribution in [2.75, 3.05) is 12.4 Å². The SMILES string of the molecule is COc1ccccc1NC(=O)C(C)OC(=O)/C=C/c1c(C)nn(-c2ccc(F)cc2)c1C. The minimum Gasteiger partial charge on any atom is -0.495 e. The summed E-state index contributed by atoms with van der Waals surface area (Å²) in [7, 11) is 1.50. The van der Waals surface area contributed by atoms with Gasteiger partial charge in [-0.3, -0.25) is 4.79 Å². The van der Waals surface area contributed by atoms with Gasteiger partial charge in [0.05, 0.1) is 24.2 Å². The number of hydrogen-bond acceptors (Lipinski definition) is 5. The van der Waals surface area contributed by atoms with Crippen LogP contribution in [0.3, 0.4) is 0 Å². The molecule has 1 N–H and O–H groups in total. The molecular weight excluding hydrogens is 413 g/mol. The van der Waals surface area contributed by atoms with E-state index in [1.165, 1.54) is 32.2 Å². The summed E-state index contributed by atoms with van der Waals surface area (Å²) >= 11 is 0. The summed E-state index contributed by atoms with van der Waals surface area (Å²) < 4.78 is 25.3. The number of carbonyl (C=O) groups excluding carboxylic acids is 2. The Balaban J connectivity index is 1.66. The molecule has 2 aromatic carbocycles. The normalized spacial score (nSPS) is 11.9. The number of para-hydroxylation sites is 2. The number of esters is 1. The van der Waals surface area contributed by atoms with Crippen molar-refractivity contribution >= 4 is 23.6 Å². The van der Waals surface area contributed by atoms with Gasteiger partial charge in [-0.2, -0.15) is 5.10 Å². The van der Waals surface area contributed by atoms with E-state index in [1.807, 2.05) is 6.92 Å². The second-order valence-corrected chi connectivity index (χ2v) is 7.07. The molecule has 0 aliphatic rings. The third kappa shape index (κ3) is 5.21. The topological polar surface area (TPSA) is 82.4 Å². The Morgan fingerprint density at radius 2 is 1.81 bits per heavy atom. The van der Waals surface area contributed by atoms with Gasteiger partial charge in [-0.05, 0) is 63.2 Å². The van der Waals surface area contributed by atoms with Crippen molar-refractivity contribution < 1.29 is 23.5 Å². The Kier molecular flexibility index (Phi) is 7.04. The lowest BCUT2D eigenvalue weighted by molar-refractivity contribution is -0.148. The van der Waals surface area contributed by atoms with E-state index in [2.05, 4.69) is 10.4 Å². The maximum Gasteiger partial charge on any atom is 0.331 e. The molecule has 166 valence electrons. The van der Waals surface area contributed by atoms with Crippen LogP contribution in [0, 0.1) is 19.7 Å². The first-order valence-electron chi connectivity index (χ1n) is 9.95. The van der Waals surface area contributed by atoms with E-state index in [-0.39, 0.29) is 5.82 Å². The van der Waals surface area contributed by atoms with E-state index in [9.17, 15) is 14.0 Å². The molecule has 1 aromatic heterocycles. The molecule has 3 aromatic rings. The number of anilines is 1. The van der Waals surface area contributed by atoms with Gasteiger partial charge in [-0.25, -0.2) is 13.9 Å². The highest BCUT2D eigenvalue weighted by Crippen LogP contribution is 2.23. The van der Waals surface area contributed by atoms with Crippen LogP contribution in [0.1, 0.15) is 23.9 Å². The molecule has 8 heteroatoms. The minimum atomic E-state index is -1.01. The molecule has 1 heterocycles. The summed E-state index contributed by atoms with van der Waals surface area (Å²) in [6.45, 7) is 5.14. The molecule has 3 rings (SSSR count). The zero-order chi connectivity index (χ0) is 23.3. The maximum absolute atomic E-state index is 13.2. The van der Waals surface area contributed by atoms with Gasteiger partial charge in [0.2, 0.25) is 0 Å². The molecule has 0 fully saturated rings. The van der Waals surface area contributed by atoms with Crippen LogP contribution in [0.15, 0.2) is 54.6 Å². The molecule has 0 bridgehead atoms. The second-order valence-electron chi connectivity index (χ2n) is 7.07. The largest absolute Gasteiger partial charge is 0.495 e. The van der Waals surface area contributed by atoms with Gasteiger partial charge in [-0.15, -0.1) is 0 Å². The Morgan fingerprint density at radius 3 is 2.50 bits per heavy atom. The summed E-state index contributed by atoms with van der Waals surface area (Å²) in [4.78, 5) is 24.6. The summed E-state index contributed by atoms with van der Waals surface area (Å²) in [5, 5.41) is 7.13. The Hall–Kier alpha value is -3.94. The fourth-order valence-electron chi connectivity index (χ4n) is 3.13. The molecule has 0 spiro atoms. The van der Waals surface area contributed by atoms with E-state index in [0.29, 0.717) is 22.8 Å². The molecular formula is C24H24FN3O4. The van der Waals surface area contributed by atoms with Gasteiger partial charge in [0.15, 0.2) is 6.10 Å². The number of benzene rings is 2. The number of aryl methyl sites for hydroxylation is 1. The lowest BCUT2D eigenvalue weighted by atomic mass is 10.2. The van der Waals surface area contributed by atoms with E-state index >= 15 is 0 Å². The van der Waals surface area contributed by atoms with Crippen LogP contribution in [-0.4, -0.2) is 34.9 Å². The average molecular weight is 437 g/mol. The average Bonchev–Trinajstić information content (AvgIpc) is 3.06. The van der Waals surface area contributed by atoms with Crippen molar-refractivity contribution in [1.82, 2.24) is 9.78 Å². The van der Waals surface area contributed by atoms with Crippen LogP contribution in [0.5, 0.6) is 5.75 Å². The number of rotatable bonds is 7. The van der Waals surface area contributed by atoms with Gasteiger partial charge in [-0.1, -0.05) is 12.1 Å². The number of nitrogens with one attached hydrogen (secondary N) is 1. The Morgan fingerprint density at radius 1 is 1.12 bits per heavy atom. The van der Waals surface area contributed by atoms with Crippen LogP contribution in [0.2, 0.25) is 0 Å². The molecule has 0 aliphatic carbocycles. The summed E-state index contributed by atoms with van der Waals surface area (Å²) in [6.07, 6.45) is 1.82. The predicted octanol–water partition coefficient (Wildman–Crippen LogP) is 4.22. The Bertz CT molecular complexity index is 1150. The number of amides is 1.